The van der Waals surface area contributed by atoms with E-state index in [1.165, 1.54) is 0 Å². The molecule has 0 spiro atoms. The molecule has 1 aliphatic rings. The highest BCUT2D eigenvalue weighted by atomic mass is 32.2. The fourth-order valence-corrected chi connectivity index (χ4v) is 3.26. The highest BCUT2D eigenvalue weighted by Crippen LogP contribution is 2.33. The van der Waals surface area contributed by atoms with Gasteiger partial charge in [-0.05, 0) is 29.9 Å². The standard InChI is InChI=1S/C14H19NO4S/c1-18-12-3-2-9(11(7-15)14(16)17)6-13(12)19-10-4-5-20-8-10/h2-3,6,10-11H,4-5,7-8,15H2,1H3,(H,16,17). The average Bonchev–Trinajstić information content (AvgIpc) is 2.92. The Morgan fingerprint density at radius 3 is 2.90 bits per heavy atom. The van der Waals surface area contributed by atoms with Gasteiger partial charge in [0.1, 0.15) is 6.10 Å². The molecule has 2 unspecified atom stereocenters. The molecule has 3 N–H and O–H groups in total. The quantitative estimate of drug-likeness (QED) is 0.832. The van der Waals surface area contributed by atoms with Gasteiger partial charge in [-0.15, -0.1) is 0 Å². The maximum absolute atomic E-state index is 11.2. The van der Waals surface area contributed by atoms with Crippen LogP contribution in [0.4, 0.5) is 0 Å². The first kappa shape index (κ1) is 15.0. The molecule has 0 radical (unpaired) electrons. The summed E-state index contributed by atoms with van der Waals surface area (Å²) >= 11 is 1.85. The second kappa shape index (κ2) is 6.85. The Morgan fingerprint density at radius 1 is 1.55 bits per heavy atom. The zero-order chi connectivity index (χ0) is 14.5. The average molecular weight is 297 g/mol. The molecule has 20 heavy (non-hydrogen) atoms. The Bertz CT molecular complexity index is 474. The molecule has 0 aliphatic carbocycles. The lowest BCUT2D eigenvalue weighted by Crippen LogP contribution is -2.21. The van der Waals surface area contributed by atoms with Crippen LogP contribution >= 0.6 is 11.8 Å². The molecule has 0 bridgehead atoms. The van der Waals surface area contributed by atoms with E-state index >= 15 is 0 Å². The molecule has 6 heteroatoms. The van der Waals surface area contributed by atoms with Gasteiger partial charge < -0.3 is 20.3 Å². The summed E-state index contributed by atoms with van der Waals surface area (Å²) in [6, 6.07) is 5.19. The highest BCUT2D eigenvalue weighted by Gasteiger charge is 2.22. The van der Waals surface area contributed by atoms with Gasteiger partial charge in [0.2, 0.25) is 0 Å². The Labute approximate surface area is 122 Å². The molecular formula is C14H19NO4S. The largest absolute Gasteiger partial charge is 0.493 e. The highest BCUT2D eigenvalue weighted by molar-refractivity contribution is 7.99. The Hall–Kier alpha value is -1.40. The minimum absolute atomic E-state index is 0.0559. The van der Waals surface area contributed by atoms with Crippen molar-refractivity contribution >= 4 is 17.7 Å². The summed E-state index contributed by atoms with van der Waals surface area (Å²) in [5.74, 6) is 1.60. The van der Waals surface area contributed by atoms with E-state index in [4.69, 9.17) is 15.2 Å². The van der Waals surface area contributed by atoms with Crippen molar-refractivity contribution in [3.05, 3.63) is 23.8 Å². The first-order chi connectivity index (χ1) is 9.65. The summed E-state index contributed by atoms with van der Waals surface area (Å²) in [5.41, 5.74) is 6.17. The van der Waals surface area contributed by atoms with Crippen LogP contribution in [0.1, 0.15) is 17.9 Å². The second-order valence-electron chi connectivity index (χ2n) is 4.64. The molecule has 0 aromatic heterocycles. The fraction of sp³-hybridized carbons (Fsp3) is 0.500. The number of carbonyl (C=O) groups is 1. The van der Waals surface area contributed by atoms with Gasteiger partial charge >= 0.3 is 5.97 Å². The van der Waals surface area contributed by atoms with Crippen molar-refractivity contribution in [1.29, 1.82) is 0 Å². The molecule has 1 heterocycles. The fourth-order valence-electron chi connectivity index (χ4n) is 2.17. The van der Waals surface area contributed by atoms with Crippen molar-refractivity contribution < 1.29 is 19.4 Å². The third-order valence-corrected chi connectivity index (χ3v) is 4.44. The number of carboxylic acids is 1. The predicted octanol–water partition coefficient (Wildman–Crippen LogP) is 1.71. The van der Waals surface area contributed by atoms with Gasteiger partial charge in [-0.2, -0.15) is 11.8 Å². The Balaban J connectivity index is 2.25. The minimum atomic E-state index is -0.931. The van der Waals surface area contributed by atoms with Gasteiger partial charge in [0.25, 0.3) is 0 Å². The van der Waals surface area contributed by atoms with Crippen LogP contribution in [0.5, 0.6) is 11.5 Å². The van der Waals surface area contributed by atoms with Crippen LogP contribution in [0, 0.1) is 0 Å². The number of hydrogen-bond donors (Lipinski definition) is 2. The first-order valence-corrected chi connectivity index (χ1v) is 7.66. The lowest BCUT2D eigenvalue weighted by Gasteiger charge is -2.18. The van der Waals surface area contributed by atoms with Crippen LogP contribution in [0.15, 0.2) is 18.2 Å². The molecule has 1 fully saturated rings. The van der Waals surface area contributed by atoms with Crippen molar-refractivity contribution in [1.82, 2.24) is 0 Å². The molecule has 0 amide bonds. The lowest BCUT2D eigenvalue weighted by atomic mass is 9.99. The van der Waals surface area contributed by atoms with Crippen molar-refractivity contribution in [2.45, 2.75) is 18.4 Å². The molecule has 5 nitrogen and oxygen atoms in total. The number of hydrogen-bond acceptors (Lipinski definition) is 5. The van der Waals surface area contributed by atoms with E-state index in [0.717, 1.165) is 17.9 Å². The van der Waals surface area contributed by atoms with Gasteiger partial charge in [0.15, 0.2) is 11.5 Å². The number of methoxy groups -OCH3 is 1. The summed E-state index contributed by atoms with van der Waals surface area (Å²) in [6.07, 6.45) is 1.16. The summed E-state index contributed by atoms with van der Waals surface area (Å²) < 4.78 is 11.2. The summed E-state index contributed by atoms with van der Waals surface area (Å²) in [7, 11) is 1.57. The van der Waals surface area contributed by atoms with Crippen LogP contribution in [0.25, 0.3) is 0 Å². The predicted molar refractivity (Wildman–Crippen MR) is 78.8 cm³/mol. The van der Waals surface area contributed by atoms with E-state index in [0.29, 0.717) is 17.1 Å². The third kappa shape index (κ3) is 3.37. The maximum Gasteiger partial charge on any atom is 0.312 e. The second-order valence-corrected chi connectivity index (χ2v) is 5.79. The number of nitrogens with two attached hydrogens (primary N) is 1. The van der Waals surface area contributed by atoms with E-state index in [1.807, 2.05) is 11.8 Å². The van der Waals surface area contributed by atoms with Crippen LogP contribution in [0.2, 0.25) is 0 Å². The molecule has 2 atom stereocenters. The molecular weight excluding hydrogens is 278 g/mol. The van der Waals surface area contributed by atoms with Gasteiger partial charge in [0.05, 0.1) is 13.0 Å². The first-order valence-electron chi connectivity index (χ1n) is 6.51. The van der Waals surface area contributed by atoms with E-state index in [-0.39, 0.29) is 12.6 Å². The van der Waals surface area contributed by atoms with Crippen LogP contribution < -0.4 is 15.2 Å². The number of ether oxygens (including phenoxy) is 2. The molecule has 1 aliphatic heterocycles. The van der Waals surface area contributed by atoms with Crippen molar-refractivity contribution in [2.75, 3.05) is 25.2 Å². The van der Waals surface area contributed by atoms with Crippen LogP contribution in [-0.4, -0.2) is 42.3 Å². The van der Waals surface area contributed by atoms with Gasteiger partial charge in [-0.3, -0.25) is 4.79 Å². The van der Waals surface area contributed by atoms with E-state index in [2.05, 4.69) is 0 Å². The van der Waals surface area contributed by atoms with E-state index in [1.54, 1.807) is 25.3 Å². The number of thioether (sulfide) groups is 1. The van der Waals surface area contributed by atoms with E-state index < -0.39 is 11.9 Å². The van der Waals surface area contributed by atoms with Crippen LogP contribution in [0.3, 0.4) is 0 Å². The van der Waals surface area contributed by atoms with E-state index in [9.17, 15) is 9.90 Å². The maximum atomic E-state index is 11.2. The molecule has 0 saturated carbocycles. The zero-order valence-electron chi connectivity index (χ0n) is 11.4. The number of carboxylic acid groups (broad SMARTS) is 1. The zero-order valence-corrected chi connectivity index (χ0v) is 12.2. The monoisotopic (exact) mass is 297 g/mol. The molecule has 1 aromatic rings. The van der Waals surface area contributed by atoms with Crippen molar-refractivity contribution in [3.63, 3.8) is 0 Å². The summed E-state index contributed by atoms with van der Waals surface area (Å²) in [5, 5.41) is 9.17. The minimum Gasteiger partial charge on any atom is -0.493 e. The topological polar surface area (TPSA) is 81.8 Å². The Morgan fingerprint density at radius 2 is 2.35 bits per heavy atom. The third-order valence-electron chi connectivity index (χ3n) is 3.31. The number of aliphatic carboxylic acids is 1. The normalized spacial score (nSPS) is 19.6. The summed E-state index contributed by atoms with van der Waals surface area (Å²) in [6.45, 7) is 0.0559. The van der Waals surface area contributed by atoms with Gasteiger partial charge in [-0.1, -0.05) is 6.07 Å². The molecule has 110 valence electrons. The van der Waals surface area contributed by atoms with Crippen LogP contribution in [-0.2, 0) is 4.79 Å². The smallest absolute Gasteiger partial charge is 0.312 e. The van der Waals surface area contributed by atoms with Gasteiger partial charge in [0, 0.05) is 12.3 Å². The molecule has 2 rings (SSSR count). The SMILES string of the molecule is COc1ccc(C(CN)C(=O)O)cc1OC1CCSC1. The molecule has 1 saturated heterocycles. The van der Waals surface area contributed by atoms with Gasteiger partial charge in [-0.25, -0.2) is 0 Å². The summed E-state index contributed by atoms with van der Waals surface area (Å²) in [4.78, 5) is 11.2. The van der Waals surface area contributed by atoms with Crippen molar-refractivity contribution in [2.24, 2.45) is 5.73 Å². The Kier molecular flexibility index (Phi) is 5.14. The number of rotatable bonds is 6. The number of benzene rings is 1. The van der Waals surface area contributed by atoms with Crippen molar-refractivity contribution in [3.8, 4) is 11.5 Å². The lowest BCUT2D eigenvalue weighted by molar-refractivity contribution is -0.138. The molecule has 1 aromatic carbocycles.